The summed E-state index contributed by atoms with van der Waals surface area (Å²) in [5, 5.41) is 8.24. The van der Waals surface area contributed by atoms with E-state index in [1.807, 2.05) is 30.5 Å². The van der Waals surface area contributed by atoms with Crippen molar-refractivity contribution < 1.29 is 0 Å². The molecule has 0 saturated heterocycles. The van der Waals surface area contributed by atoms with Crippen LogP contribution in [0.1, 0.15) is 6.42 Å². The highest BCUT2D eigenvalue weighted by atomic mass is 35.5. The number of rotatable bonds is 5. The van der Waals surface area contributed by atoms with Gasteiger partial charge in [-0.3, -0.25) is 0 Å². The smallest absolute Gasteiger partial charge is 0.0877 e. The quantitative estimate of drug-likeness (QED) is 0.801. The Morgan fingerprint density at radius 2 is 2.29 bits per heavy atom. The molecule has 5 heteroatoms. The Hall–Kier alpha value is -1.52. The SMILES string of the molecule is NCCCNc1cc(Cl)ccc1-n1cccn1. The molecule has 0 aliphatic rings. The number of anilines is 1. The summed E-state index contributed by atoms with van der Waals surface area (Å²) in [6.45, 7) is 1.50. The third-order valence-corrected chi connectivity index (χ3v) is 2.64. The molecule has 2 rings (SSSR count). The maximum absolute atomic E-state index is 6.00. The van der Waals surface area contributed by atoms with Crippen LogP contribution in [0.5, 0.6) is 0 Å². The van der Waals surface area contributed by atoms with Crippen molar-refractivity contribution in [1.82, 2.24) is 9.78 Å². The van der Waals surface area contributed by atoms with Crippen molar-refractivity contribution in [2.75, 3.05) is 18.4 Å². The van der Waals surface area contributed by atoms with Crippen LogP contribution in [0.25, 0.3) is 5.69 Å². The van der Waals surface area contributed by atoms with Crippen molar-refractivity contribution in [2.24, 2.45) is 5.73 Å². The maximum atomic E-state index is 6.00. The van der Waals surface area contributed by atoms with E-state index in [4.69, 9.17) is 17.3 Å². The molecule has 4 nitrogen and oxygen atoms in total. The van der Waals surface area contributed by atoms with Crippen LogP contribution in [-0.2, 0) is 0 Å². The topological polar surface area (TPSA) is 55.9 Å². The van der Waals surface area contributed by atoms with Gasteiger partial charge in [0, 0.05) is 24.0 Å². The Balaban J connectivity index is 2.25. The minimum absolute atomic E-state index is 0.671. The molecule has 17 heavy (non-hydrogen) atoms. The molecule has 0 bridgehead atoms. The second-order valence-corrected chi connectivity index (χ2v) is 4.12. The fraction of sp³-hybridized carbons (Fsp3) is 0.250. The maximum Gasteiger partial charge on any atom is 0.0877 e. The van der Waals surface area contributed by atoms with Crippen molar-refractivity contribution in [3.05, 3.63) is 41.7 Å². The molecular weight excluding hydrogens is 236 g/mol. The molecule has 1 aromatic carbocycles. The van der Waals surface area contributed by atoms with Crippen LogP contribution in [0.4, 0.5) is 5.69 Å². The largest absolute Gasteiger partial charge is 0.383 e. The van der Waals surface area contributed by atoms with E-state index in [0.29, 0.717) is 11.6 Å². The molecule has 3 N–H and O–H groups in total. The predicted octanol–water partition coefficient (Wildman–Crippen LogP) is 2.29. The van der Waals surface area contributed by atoms with Gasteiger partial charge < -0.3 is 11.1 Å². The van der Waals surface area contributed by atoms with E-state index >= 15 is 0 Å². The number of benzene rings is 1. The van der Waals surface area contributed by atoms with Gasteiger partial charge in [-0.2, -0.15) is 5.10 Å². The molecule has 0 aliphatic carbocycles. The average molecular weight is 251 g/mol. The van der Waals surface area contributed by atoms with Gasteiger partial charge in [-0.25, -0.2) is 4.68 Å². The molecule has 0 spiro atoms. The van der Waals surface area contributed by atoms with Gasteiger partial charge >= 0.3 is 0 Å². The third-order valence-electron chi connectivity index (χ3n) is 2.41. The van der Waals surface area contributed by atoms with Crippen LogP contribution >= 0.6 is 11.6 Å². The third kappa shape index (κ3) is 2.99. The lowest BCUT2D eigenvalue weighted by atomic mass is 10.2. The molecule has 0 amide bonds. The first-order valence-electron chi connectivity index (χ1n) is 5.55. The van der Waals surface area contributed by atoms with Gasteiger partial charge in [-0.15, -0.1) is 0 Å². The molecule has 90 valence electrons. The predicted molar refractivity (Wildman–Crippen MR) is 70.7 cm³/mol. The standard InChI is InChI=1S/C12H15ClN4/c13-10-3-4-12(17-8-2-7-16-17)11(9-10)15-6-1-5-14/h2-4,7-9,15H,1,5-6,14H2. The minimum Gasteiger partial charge on any atom is -0.383 e. The van der Waals surface area contributed by atoms with E-state index in [-0.39, 0.29) is 0 Å². The lowest BCUT2D eigenvalue weighted by molar-refractivity contribution is 0.858. The number of aromatic nitrogens is 2. The van der Waals surface area contributed by atoms with Gasteiger partial charge in [0.25, 0.3) is 0 Å². The van der Waals surface area contributed by atoms with Crippen molar-refractivity contribution in [1.29, 1.82) is 0 Å². The molecule has 1 heterocycles. The van der Waals surface area contributed by atoms with Gasteiger partial charge in [0.1, 0.15) is 0 Å². The molecule has 0 saturated carbocycles. The van der Waals surface area contributed by atoms with Gasteiger partial charge in [0.15, 0.2) is 0 Å². The lowest BCUT2D eigenvalue weighted by Gasteiger charge is -2.12. The number of nitrogens with two attached hydrogens (primary N) is 1. The van der Waals surface area contributed by atoms with E-state index in [1.54, 1.807) is 10.9 Å². The van der Waals surface area contributed by atoms with Crippen LogP contribution in [0.2, 0.25) is 5.02 Å². The van der Waals surface area contributed by atoms with E-state index in [9.17, 15) is 0 Å². The summed E-state index contributed by atoms with van der Waals surface area (Å²) in [4.78, 5) is 0. The van der Waals surface area contributed by atoms with Gasteiger partial charge in [-0.1, -0.05) is 11.6 Å². The lowest BCUT2D eigenvalue weighted by Crippen LogP contribution is -2.10. The summed E-state index contributed by atoms with van der Waals surface area (Å²) < 4.78 is 1.81. The summed E-state index contributed by atoms with van der Waals surface area (Å²) in [7, 11) is 0. The Kier molecular flexibility index (Phi) is 4.01. The van der Waals surface area contributed by atoms with Crippen LogP contribution in [0, 0.1) is 0 Å². The first-order valence-corrected chi connectivity index (χ1v) is 5.92. The zero-order chi connectivity index (χ0) is 12.1. The Morgan fingerprint density at radius 1 is 1.41 bits per heavy atom. The molecule has 0 aliphatic heterocycles. The summed E-state index contributed by atoms with van der Waals surface area (Å²) in [6.07, 6.45) is 4.57. The summed E-state index contributed by atoms with van der Waals surface area (Å²) in [5.74, 6) is 0. The fourth-order valence-electron chi connectivity index (χ4n) is 1.59. The monoisotopic (exact) mass is 250 g/mol. The Labute approximate surface area is 105 Å². The van der Waals surface area contributed by atoms with Crippen LogP contribution in [0.15, 0.2) is 36.7 Å². The Morgan fingerprint density at radius 3 is 3.00 bits per heavy atom. The summed E-state index contributed by atoms with van der Waals surface area (Å²) >= 11 is 6.00. The number of nitrogens with zero attached hydrogens (tertiary/aromatic N) is 2. The number of halogens is 1. The molecule has 0 radical (unpaired) electrons. The van der Waals surface area contributed by atoms with Crippen molar-refractivity contribution >= 4 is 17.3 Å². The Bertz CT molecular complexity index is 467. The van der Waals surface area contributed by atoms with Crippen LogP contribution in [-0.4, -0.2) is 22.9 Å². The zero-order valence-corrected chi connectivity index (χ0v) is 10.2. The number of nitrogens with one attached hydrogen (secondary N) is 1. The minimum atomic E-state index is 0.671. The summed E-state index contributed by atoms with van der Waals surface area (Å²) in [6, 6.07) is 7.58. The zero-order valence-electron chi connectivity index (χ0n) is 9.44. The van der Waals surface area contributed by atoms with E-state index in [1.165, 1.54) is 0 Å². The summed E-state index contributed by atoms with van der Waals surface area (Å²) in [5.41, 5.74) is 7.42. The van der Waals surface area contributed by atoms with E-state index < -0.39 is 0 Å². The van der Waals surface area contributed by atoms with Crippen molar-refractivity contribution in [3.63, 3.8) is 0 Å². The molecule has 2 aromatic rings. The van der Waals surface area contributed by atoms with E-state index in [2.05, 4.69) is 10.4 Å². The highest BCUT2D eigenvalue weighted by Crippen LogP contribution is 2.23. The number of hydrogen-bond acceptors (Lipinski definition) is 3. The van der Waals surface area contributed by atoms with Gasteiger partial charge in [0.05, 0.1) is 11.4 Å². The fourth-order valence-corrected chi connectivity index (χ4v) is 1.76. The average Bonchev–Trinajstić information content (AvgIpc) is 2.83. The molecular formula is C12H15ClN4. The number of hydrogen-bond donors (Lipinski definition) is 2. The molecule has 0 unspecified atom stereocenters. The highest BCUT2D eigenvalue weighted by molar-refractivity contribution is 6.31. The second-order valence-electron chi connectivity index (χ2n) is 3.68. The molecule has 0 fully saturated rings. The normalized spacial score (nSPS) is 10.5. The first kappa shape index (κ1) is 12.0. The highest BCUT2D eigenvalue weighted by Gasteiger charge is 2.05. The van der Waals surface area contributed by atoms with Gasteiger partial charge in [-0.05, 0) is 37.2 Å². The van der Waals surface area contributed by atoms with Crippen molar-refractivity contribution in [3.8, 4) is 5.69 Å². The van der Waals surface area contributed by atoms with Crippen LogP contribution < -0.4 is 11.1 Å². The molecule has 1 aromatic heterocycles. The van der Waals surface area contributed by atoms with Crippen molar-refractivity contribution in [2.45, 2.75) is 6.42 Å². The van der Waals surface area contributed by atoms with E-state index in [0.717, 1.165) is 24.3 Å². The molecule has 0 atom stereocenters. The second kappa shape index (κ2) is 5.70. The first-order chi connectivity index (χ1) is 8.31. The van der Waals surface area contributed by atoms with Gasteiger partial charge in [0.2, 0.25) is 0 Å². The van der Waals surface area contributed by atoms with Crippen LogP contribution in [0.3, 0.4) is 0 Å².